The van der Waals surface area contributed by atoms with Crippen molar-refractivity contribution in [3.05, 3.63) is 42.1 Å². The molecule has 0 aliphatic heterocycles. The van der Waals surface area contributed by atoms with Gasteiger partial charge in [-0.3, -0.25) is 0 Å². The molecule has 0 fully saturated rings. The summed E-state index contributed by atoms with van der Waals surface area (Å²) in [6.45, 7) is 1.94. The number of nitrogens with zero attached hydrogens (tertiary/aromatic N) is 1. The third kappa shape index (κ3) is 2.71. The van der Waals surface area contributed by atoms with Crippen molar-refractivity contribution in [2.75, 3.05) is 12.8 Å². The molecule has 2 N–H and O–H groups in total. The maximum atomic E-state index is 5.86. The van der Waals surface area contributed by atoms with Gasteiger partial charge in [-0.05, 0) is 30.7 Å². The van der Waals surface area contributed by atoms with E-state index in [1.807, 2.05) is 37.3 Å². The molecule has 0 saturated carbocycles. The minimum absolute atomic E-state index is 0.761. The molecular weight excluding hydrogens is 232 g/mol. The molecule has 0 bridgehead atoms. The molecule has 0 unspecified atom stereocenters. The molecule has 0 aliphatic carbocycles. The molecule has 1 aromatic heterocycles. The van der Waals surface area contributed by atoms with Crippen LogP contribution in [0.2, 0.25) is 0 Å². The fourth-order valence-corrected chi connectivity index (χ4v) is 2.31. The molecule has 0 amide bonds. The van der Waals surface area contributed by atoms with Crippen molar-refractivity contribution in [1.29, 1.82) is 0 Å². The summed E-state index contributed by atoms with van der Waals surface area (Å²) in [6.07, 6.45) is 1.78. The van der Waals surface area contributed by atoms with E-state index in [9.17, 15) is 0 Å². The fourth-order valence-electron chi connectivity index (χ4n) is 1.39. The zero-order valence-corrected chi connectivity index (χ0v) is 10.6. The minimum atomic E-state index is 0.761. The Hall–Kier alpha value is -1.68. The molecule has 88 valence electrons. The second-order valence-electron chi connectivity index (χ2n) is 3.63. The van der Waals surface area contributed by atoms with Crippen molar-refractivity contribution in [2.24, 2.45) is 0 Å². The van der Waals surface area contributed by atoms with Gasteiger partial charge in [-0.1, -0.05) is 23.9 Å². The molecule has 0 aliphatic rings. The van der Waals surface area contributed by atoms with E-state index in [1.165, 1.54) is 0 Å². The summed E-state index contributed by atoms with van der Waals surface area (Å²) in [5, 5.41) is 0.873. The van der Waals surface area contributed by atoms with E-state index in [0.717, 1.165) is 26.9 Å². The molecule has 2 aromatic rings. The smallest absolute Gasteiger partial charge is 0.132 e. The number of pyridine rings is 1. The van der Waals surface area contributed by atoms with Crippen LogP contribution < -0.4 is 10.5 Å². The van der Waals surface area contributed by atoms with Crippen molar-refractivity contribution in [1.82, 2.24) is 4.98 Å². The number of rotatable bonds is 3. The molecule has 0 saturated heterocycles. The summed E-state index contributed by atoms with van der Waals surface area (Å²) in [4.78, 5) is 5.37. The molecule has 1 heterocycles. The molecule has 17 heavy (non-hydrogen) atoms. The Morgan fingerprint density at radius 3 is 2.76 bits per heavy atom. The number of benzene rings is 1. The first kappa shape index (κ1) is 11.8. The van der Waals surface area contributed by atoms with E-state index in [1.54, 1.807) is 25.1 Å². The van der Waals surface area contributed by atoms with Crippen LogP contribution in [0.25, 0.3) is 0 Å². The van der Waals surface area contributed by atoms with E-state index in [-0.39, 0.29) is 0 Å². The zero-order valence-electron chi connectivity index (χ0n) is 9.81. The predicted octanol–water partition coefficient (Wildman–Crippen LogP) is 3.13. The van der Waals surface area contributed by atoms with Crippen LogP contribution in [0.3, 0.4) is 0 Å². The van der Waals surface area contributed by atoms with Gasteiger partial charge < -0.3 is 10.5 Å². The quantitative estimate of drug-likeness (QED) is 0.904. The van der Waals surface area contributed by atoms with E-state index in [4.69, 9.17) is 10.5 Å². The van der Waals surface area contributed by atoms with Gasteiger partial charge in [0.05, 0.1) is 12.0 Å². The number of nitrogens with two attached hydrogens (primary N) is 1. The first-order valence-electron chi connectivity index (χ1n) is 5.23. The lowest BCUT2D eigenvalue weighted by Crippen LogP contribution is -1.92. The summed E-state index contributed by atoms with van der Waals surface area (Å²) in [5.41, 5.74) is 7.62. The van der Waals surface area contributed by atoms with Gasteiger partial charge in [-0.15, -0.1) is 0 Å². The topological polar surface area (TPSA) is 48.1 Å². The highest BCUT2D eigenvalue weighted by atomic mass is 32.2. The van der Waals surface area contributed by atoms with Crippen LogP contribution >= 0.6 is 11.8 Å². The lowest BCUT2D eigenvalue weighted by molar-refractivity contribution is 0.405. The van der Waals surface area contributed by atoms with Crippen molar-refractivity contribution in [2.45, 2.75) is 16.8 Å². The summed E-state index contributed by atoms with van der Waals surface area (Å²) in [6, 6.07) is 9.73. The number of hydrogen-bond donors (Lipinski definition) is 1. The van der Waals surface area contributed by atoms with Gasteiger partial charge in [-0.2, -0.15) is 0 Å². The monoisotopic (exact) mass is 246 g/mol. The highest BCUT2D eigenvalue weighted by Crippen LogP contribution is 2.34. The Morgan fingerprint density at radius 1 is 1.29 bits per heavy atom. The van der Waals surface area contributed by atoms with Gasteiger partial charge in [0, 0.05) is 11.9 Å². The van der Waals surface area contributed by atoms with Gasteiger partial charge in [0.15, 0.2) is 0 Å². The molecule has 0 radical (unpaired) electrons. The van der Waals surface area contributed by atoms with Gasteiger partial charge in [-0.25, -0.2) is 4.98 Å². The third-order valence-electron chi connectivity index (χ3n) is 2.40. The minimum Gasteiger partial charge on any atom is -0.496 e. The number of ether oxygens (including phenoxy) is 1. The summed E-state index contributed by atoms with van der Waals surface area (Å²) in [7, 11) is 1.66. The number of hydrogen-bond acceptors (Lipinski definition) is 4. The number of aromatic nitrogens is 1. The van der Waals surface area contributed by atoms with Gasteiger partial charge in [0.2, 0.25) is 0 Å². The van der Waals surface area contributed by atoms with Crippen LogP contribution in [0.5, 0.6) is 5.75 Å². The zero-order chi connectivity index (χ0) is 12.3. The van der Waals surface area contributed by atoms with Crippen LogP contribution in [-0.4, -0.2) is 12.1 Å². The largest absolute Gasteiger partial charge is 0.496 e. The molecule has 0 atom stereocenters. The second kappa shape index (κ2) is 5.10. The summed E-state index contributed by atoms with van der Waals surface area (Å²) < 4.78 is 5.29. The van der Waals surface area contributed by atoms with Crippen molar-refractivity contribution >= 4 is 17.4 Å². The Bertz CT molecular complexity index is 529. The van der Waals surface area contributed by atoms with E-state index in [0.29, 0.717) is 0 Å². The lowest BCUT2D eigenvalue weighted by atomic mass is 10.3. The Kier molecular flexibility index (Phi) is 3.54. The predicted molar refractivity (Wildman–Crippen MR) is 70.5 cm³/mol. The Morgan fingerprint density at radius 2 is 2.06 bits per heavy atom. The first-order chi connectivity index (χ1) is 8.20. The van der Waals surface area contributed by atoms with Crippen LogP contribution in [0.1, 0.15) is 5.56 Å². The third-order valence-corrected chi connectivity index (χ3v) is 3.39. The average molecular weight is 246 g/mol. The number of aryl methyl sites for hydroxylation is 1. The van der Waals surface area contributed by atoms with Gasteiger partial charge >= 0.3 is 0 Å². The van der Waals surface area contributed by atoms with Crippen LogP contribution in [0.15, 0.2) is 46.5 Å². The number of anilines is 1. The number of para-hydroxylation sites is 1. The van der Waals surface area contributed by atoms with Crippen LogP contribution in [0.4, 0.5) is 5.69 Å². The van der Waals surface area contributed by atoms with Gasteiger partial charge in [0.25, 0.3) is 0 Å². The maximum absolute atomic E-state index is 5.86. The van der Waals surface area contributed by atoms with Gasteiger partial charge in [0.1, 0.15) is 10.8 Å². The molecule has 1 aromatic carbocycles. The average Bonchev–Trinajstić information content (AvgIpc) is 2.34. The number of methoxy groups -OCH3 is 1. The summed E-state index contributed by atoms with van der Waals surface area (Å²) >= 11 is 1.55. The maximum Gasteiger partial charge on any atom is 0.132 e. The van der Waals surface area contributed by atoms with Crippen molar-refractivity contribution < 1.29 is 4.74 Å². The molecule has 0 spiro atoms. The normalized spacial score (nSPS) is 10.2. The van der Waals surface area contributed by atoms with E-state index < -0.39 is 0 Å². The Balaban J connectivity index is 2.28. The first-order valence-corrected chi connectivity index (χ1v) is 6.05. The van der Waals surface area contributed by atoms with Crippen LogP contribution in [0, 0.1) is 6.92 Å². The second-order valence-corrected chi connectivity index (χ2v) is 4.69. The molecule has 4 heteroatoms. The van der Waals surface area contributed by atoms with E-state index >= 15 is 0 Å². The number of nitrogen functional groups attached to an aromatic ring is 1. The highest BCUT2D eigenvalue weighted by molar-refractivity contribution is 7.99. The molecular formula is C13H14N2OS. The van der Waals surface area contributed by atoms with Crippen molar-refractivity contribution in [3.8, 4) is 5.75 Å². The standard InChI is InChI=1S/C13H14N2OS/c1-9-8-15-13(7-10(9)14)17-12-6-4-3-5-11(12)16-2/h3-8H,1-2H3,(H2,14,15). The van der Waals surface area contributed by atoms with E-state index in [2.05, 4.69) is 4.98 Å². The SMILES string of the molecule is COc1ccccc1Sc1cc(N)c(C)cn1. The highest BCUT2D eigenvalue weighted by Gasteiger charge is 2.05. The Labute approximate surface area is 105 Å². The van der Waals surface area contributed by atoms with Crippen LogP contribution in [-0.2, 0) is 0 Å². The fraction of sp³-hybridized carbons (Fsp3) is 0.154. The summed E-state index contributed by atoms with van der Waals surface area (Å²) in [5.74, 6) is 0.846. The van der Waals surface area contributed by atoms with Crippen molar-refractivity contribution in [3.63, 3.8) is 0 Å². The molecule has 3 nitrogen and oxygen atoms in total. The molecule has 2 rings (SSSR count). The lowest BCUT2D eigenvalue weighted by Gasteiger charge is -2.08.